The largest absolute Gasteiger partial charge is 0.459 e. The second-order valence-electron chi connectivity index (χ2n) is 15.1. The van der Waals surface area contributed by atoms with Crippen LogP contribution in [-0.4, -0.2) is 98.8 Å². The Morgan fingerprint density at radius 1 is 0.732 bits per heavy atom. The molecule has 0 aliphatic heterocycles. The van der Waals surface area contributed by atoms with E-state index in [1.165, 1.54) is 43.6 Å². The lowest BCUT2D eigenvalue weighted by Crippen LogP contribution is -2.59. The Balaban J connectivity index is 2.06. The van der Waals surface area contributed by atoms with Crippen molar-refractivity contribution in [2.24, 2.45) is 17.3 Å². The highest BCUT2D eigenvalue weighted by molar-refractivity contribution is 5.90. The smallest absolute Gasteiger partial charge is 0.340 e. The zero-order chi connectivity index (χ0) is 41.7. The first kappa shape index (κ1) is 43.3. The van der Waals surface area contributed by atoms with Crippen LogP contribution in [0.1, 0.15) is 82.5 Å². The monoisotopic (exact) mass is 779 g/mol. The zero-order valence-corrected chi connectivity index (χ0v) is 32.6. The molecule has 2 aliphatic carbocycles. The number of hydrogen-bond donors (Lipinski definition) is 2. The second-order valence-corrected chi connectivity index (χ2v) is 15.1. The lowest BCUT2D eigenvalue weighted by atomic mass is 9.71. The fraction of sp³-hybridized carbons (Fsp3) is 0.488. The summed E-state index contributed by atoms with van der Waals surface area (Å²) in [5.74, 6) is -7.97. The van der Waals surface area contributed by atoms with Gasteiger partial charge in [-0.15, -0.1) is 0 Å². The summed E-state index contributed by atoms with van der Waals surface area (Å²) in [7, 11) is 0. The van der Waals surface area contributed by atoms with E-state index in [1.807, 2.05) is 0 Å². The van der Waals surface area contributed by atoms with Gasteiger partial charge in [0.25, 0.3) is 0 Å². The molecule has 302 valence electrons. The van der Waals surface area contributed by atoms with Crippen molar-refractivity contribution in [3.63, 3.8) is 0 Å². The van der Waals surface area contributed by atoms with Crippen LogP contribution in [0.2, 0.25) is 0 Å². The molecule has 0 bridgehead atoms. The molecule has 0 spiro atoms. The number of hydrogen-bond acceptors (Lipinski definition) is 15. The number of benzene rings is 1. The molecular formula is C41H49NO14. The van der Waals surface area contributed by atoms with Crippen LogP contribution in [0.3, 0.4) is 0 Å². The van der Waals surface area contributed by atoms with Gasteiger partial charge in [0, 0.05) is 63.4 Å². The van der Waals surface area contributed by atoms with Gasteiger partial charge in [0.2, 0.25) is 0 Å². The lowest BCUT2D eigenvalue weighted by molar-refractivity contribution is -0.193. The molecule has 4 rings (SSSR count). The molecule has 1 heterocycles. The number of aromatic nitrogens is 1. The number of aliphatic hydroxyl groups is 2. The maximum absolute atomic E-state index is 13.8. The molecule has 56 heavy (non-hydrogen) atoms. The van der Waals surface area contributed by atoms with Crippen molar-refractivity contribution < 1.29 is 67.4 Å². The van der Waals surface area contributed by atoms with Gasteiger partial charge in [-0.2, -0.15) is 0 Å². The molecule has 15 heteroatoms. The third-order valence-electron chi connectivity index (χ3n) is 9.98. The summed E-state index contributed by atoms with van der Waals surface area (Å²) < 4.78 is 35.3. The number of fused-ring (bicyclic) bond motifs is 1. The van der Waals surface area contributed by atoms with Gasteiger partial charge in [0.05, 0.1) is 17.0 Å². The molecule has 0 saturated heterocycles. The molecule has 2 aliphatic rings. The standard InChI is InChI=1S/C41H49NO14/c1-22-17-18-39(7,8)36(55-38(49)29-16-13-19-42-20-29)31(47)33(52-25(4)44)23(2)32(51-24(3)43)30-35(54-37(48)28-14-11-10-12-15-28)40(9,56-27(6)46)21-41(30,50)34(22)53-26(5)45/h10-20,22,30-36,47,50H,2,21H2,1,3-9H3/b18-17+/t22-,30+,31-,32+,33+,34-,35-,36-,40-,41-/m1/s1. The molecule has 1 fully saturated rings. The number of carbonyl (C=O) groups excluding carboxylic acids is 6. The van der Waals surface area contributed by atoms with Gasteiger partial charge < -0.3 is 38.6 Å². The average Bonchev–Trinajstić information content (AvgIpc) is 3.33. The van der Waals surface area contributed by atoms with Gasteiger partial charge in [0.1, 0.15) is 35.6 Å². The summed E-state index contributed by atoms with van der Waals surface area (Å²) in [5, 5.41) is 25.4. The molecule has 1 aromatic heterocycles. The number of nitrogens with zero attached hydrogens (tertiary/aromatic N) is 1. The number of aliphatic hydroxyl groups excluding tert-OH is 1. The number of esters is 6. The normalized spacial score (nSPS) is 31.9. The Kier molecular flexibility index (Phi) is 13.3. The van der Waals surface area contributed by atoms with Crippen LogP contribution in [0.4, 0.5) is 0 Å². The molecule has 1 saturated carbocycles. The van der Waals surface area contributed by atoms with Crippen LogP contribution < -0.4 is 0 Å². The number of carbonyl (C=O) groups is 6. The van der Waals surface area contributed by atoms with Crippen molar-refractivity contribution in [1.82, 2.24) is 4.98 Å². The van der Waals surface area contributed by atoms with E-state index < -0.39 is 107 Å². The summed E-state index contributed by atoms with van der Waals surface area (Å²) >= 11 is 0. The topological polar surface area (TPSA) is 211 Å². The van der Waals surface area contributed by atoms with Crippen molar-refractivity contribution in [3.8, 4) is 0 Å². The molecule has 0 radical (unpaired) electrons. The Bertz CT molecular complexity index is 1840. The number of rotatable bonds is 8. The minimum atomic E-state index is -2.38. The highest BCUT2D eigenvalue weighted by atomic mass is 16.6. The summed E-state index contributed by atoms with van der Waals surface area (Å²) in [6.45, 7) is 14.7. The van der Waals surface area contributed by atoms with E-state index in [-0.39, 0.29) is 16.7 Å². The van der Waals surface area contributed by atoms with Crippen LogP contribution in [0.25, 0.3) is 0 Å². The fourth-order valence-electron chi connectivity index (χ4n) is 7.70. The number of ether oxygens (including phenoxy) is 6. The van der Waals surface area contributed by atoms with Crippen LogP contribution in [0.15, 0.2) is 79.2 Å². The van der Waals surface area contributed by atoms with Crippen LogP contribution >= 0.6 is 0 Å². The van der Waals surface area contributed by atoms with Gasteiger partial charge in [-0.25, -0.2) is 9.59 Å². The Labute approximate surface area is 325 Å². The van der Waals surface area contributed by atoms with Crippen molar-refractivity contribution in [2.45, 2.75) is 110 Å². The first-order valence-electron chi connectivity index (χ1n) is 18.0. The fourth-order valence-corrected chi connectivity index (χ4v) is 7.70. The molecule has 0 unspecified atom stereocenters. The van der Waals surface area contributed by atoms with Crippen molar-refractivity contribution in [3.05, 3.63) is 90.3 Å². The molecule has 2 N–H and O–H groups in total. The molecule has 1 aromatic carbocycles. The van der Waals surface area contributed by atoms with Gasteiger partial charge >= 0.3 is 35.8 Å². The maximum Gasteiger partial charge on any atom is 0.340 e. The van der Waals surface area contributed by atoms with Gasteiger partial charge in [-0.3, -0.25) is 24.2 Å². The van der Waals surface area contributed by atoms with Gasteiger partial charge in [-0.05, 0) is 31.2 Å². The van der Waals surface area contributed by atoms with E-state index in [9.17, 15) is 39.0 Å². The summed E-state index contributed by atoms with van der Waals surface area (Å²) in [4.78, 5) is 82.7. The third-order valence-corrected chi connectivity index (χ3v) is 9.98. The first-order valence-corrected chi connectivity index (χ1v) is 18.0. The van der Waals surface area contributed by atoms with E-state index in [4.69, 9.17) is 28.4 Å². The van der Waals surface area contributed by atoms with Crippen molar-refractivity contribution in [1.29, 1.82) is 0 Å². The van der Waals surface area contributed by atoms with Crippen LogP contribution in [0.5, 0.6) is 0 Å². The van der Waals surface area contributed by atoms with Crippen molar-refractivity contribution >= 4 is 35.8 Å². The van der Waals surface area contributed by atoms with Crippen LogP contribution in [0, 0.1) is 17.3 Å². The van der Waals surface area contributed by atoms with E-state index >= 15 is 0 Å². The molecular weight excluding hydrogens is 730 g/mol. The quantitative estimate of drug-likeness (QED) is 0.221. The van der Waals surface area contributed by atoms with E-state index in [0.29, 0.717) is 0 Å². The Hall–Kier alpha value is -5.41. The third kappa shape index (κ3) is 9.51. The Morgan fingerprint density at radius 3 is 1.84 bits per heavy atom. The summed E-state index contributed by atoms with van der Waals surface area (Å²) in [5.41, 5.74) is -5.82. The van der Waals surface area contributed by atoms with Gasteiger partial charge in [-0.1, -0.05) is 57.7 Å². The summed E-state index contributed by atoms with van der Waals surface area (Å²) in [6, 6.07) is 10.7. The minimum Gasteiger partial charge on any atom is -0.459 e. The SMILES string of the molecule is C=C1[C@H](OC(C)=O)[C@@H](O)[C@@H](OC(=O)c2cccnc2)C(C)(C)/C=C/[C@@H](C)[C@@H](OC(C)=O)[C@@]2(O)C[C@@](C)(OC(C)=O)[C@H](OC(=O)c3ccccc3)[C@@H]2[C@H]1OC(C)=O. The molecule has 0 amide bonds. The average molecular weight is 780 g/mol. The van der Waals surface area contributed by atoms with E-state index in [1.54, 1.807) is 51.1 Å². The molecule has 2 aromatic rings. The number of pyridine rings is 1. The molecule has 10 atom stereocenters. The summed E-state index contributed by atoms with van der Waals surface area (Å²) in [6.07, 6.45) is -5.06. The maximum atomic E-state index is 13.8. The van der Waals surface area contributed by atoms with E-state index in [0.717, 1.165) is 27.7 Å². The Morgan fingerprint density at radius 2 is 1.29 bits per heavy atom. The first-order chi connectivity index (χ1) is 26.1. The minimum absolute atomic E-state index is 0.0402. The predicted molar refractivity (Wildman–Crippen MR) is 196 cm³/mol. The highest BCUT2D eigenvalue weighted by Gasteiger charge is 2.70. The second kappa shape index (κ2) is 17.2. The highest BCUT2D eigenvalue weighted by Crippen LogP contribution is 2.54. The van der Waals surface area contributed by atoms with Crippen LogP contribution in [-0.2, 0) is 47.6 Å². The predicted octanol–water partition coefficient (Wildman–Crippen LogP) is 3.85. The van der Waals surface area contributed by atoms with E-state index in [2.05, 4.69) is 11.6 Å². The zero-order valence-electron chi connectivity index (χ0n) is 32.6. The van der Waals surface area contributed by atoms with Crippen molar-refractivity contribution in [2.75, 3.05) is 0 Å². The molecule has 15 nitrogen and oxygen atoms in total. The lowest BCUT2D eigenvalue weighted by Gasteiger charge is -2.45. The van der Waals surface area contributed by atoms with Gasteiger partial charge in [0.15, 0.2) is 12.2 Å².